The number of rotatable bonds is 3. The highest BCUT2D eigenvalue weighted by atomic mass is 19.1. The third-order valence-electron chi connectivity index (χ3n) is 1.96. The van der Waals surface area contributed by atoms with Gasteiger partial charge in [-0.25, -0.2) is 9.18 Å². The Morgan fingerprint density at radius 3 is 2.41 bits per heavy atom. The molecule has 0 aliphatic carbocycles. The number of ether oxygens (including phenoxy) is 1. The first-order chi connectivity index (χ1) is 8.02. The van der Waals surface area contributed by atoms with Gasteiger partial charge in [0, 0.05) is 7.05 Å². The van der Waals surface area contributed by atoms with Crippen LogP contribution in [0.1, 0.15) is 6.92 Å². The molecule has 92 valence electrons. The van der Waals surface area contributed by atoms with Crippen LogP contribution in [0.5, 0.6) is 5.75 Å². The van der Waals surface area contributed by atoms with Crippen LogP contribution >= 0.6 is 0 Å². The van der Waals surface area contributed by atoms with E-state index >= 15 is 0 Å². The van der Waals surface area contributed by atoms with E-state index in [-0.39, 0.29) is 5.82 Å². The van der Waals surface area contributed by atoms with E-state index in [9.17, 15) is 14.0 Å². The maximum Gasteiger partial charge on any atom is 0.321 e. The summed E-state index contributed by atoms with van der Waals surface area (Å²) in [4.78, 5) is 22.3. The zero-order chi connectivity index (χ0) is 12.8. The average molecular weight is 240 g/mol. The first kappa shape index (κ1) is 13.0. The van der Waals surface area contributed by atoms with Crippen LogP contribution in [-0.4, -0.2) is 25.1 Å². The predicted octanol–water partition coefficient (Wildman–Crippen LogP) is 1.05. The minimum atomic E-state index is -0.849. The number of hydrogen-bond acceptors (Lipinski definition) is 3. The van der Waals surface area contributed by atoms with Crippen LogP contribution in [0.25, 0.3) is 0 Å². The lowest BCUT2D eigenvalue weighted by Crippen LogP contribution is -2.43. The highest BCUT2D eigenvalue weighted by Crippen LogP contribution is 2.12. The van der Waals surface area contributed by atoms with Gasteiger partial charge in [-0.2, -0.15) is 0 Å². The Labute approximate surface area is 98.0 Å². The van der Waals surface area contributed by atoms with Gasteiger partial charge in [0.15, 0.2) is 6.10 Å². The summed E-state index contributed by atoms with van der Waals surface area (Å²) < 4.78 is 17.8. The summed E-state index contributed by atoms with van der Waals surface area (Å²) in [5.74, 6) is -0.612. The van der Waals surface area contributed by atoms with Crippen LogP contribution in [0, 0.1) is 5.82 Å². The van der Waals surface area contributed by atoms with E-state index in [4.69, 9.17) is 4.74 Å². The molecule has 1 rings (SSSR count). The molecule has 2 N–H and O–H groups in total. The fourth-order valence-corrected chi connectivity index (χ4v) is 1.05. The molecule has 0 aromatic heterocycles. The molecule has 0 saturated carbocycles. The Balaban J connectivity index is 2.54. The standard InChI is InChI=1S/C11H13FN2O3/c1-7(10(15)14-11(16)13-2)17-9-5-3-8(12)4-6-9/h3-7H,1-2H3,(H2,13,14,15,16)/t7-/m1/s1. The third-order valence-corrected chi connectivity index (χ3v) is 1.96. The number of imide groups is 1. The van der Waals surface area contributed by atoms with Crippen molar-refractivity contribution in [3.63, 3.8) is 0 Å². The summed E-state index contributed by atoms with van der Waals surface area (Å²) in [5.41, 5.74) is 0. The Morgan fingerprint density at radius 2 is 1.88 bits per heavy atom. The van der Waals surface area contributed by atoms with Crippen molar-refractivity contribution >= 4 is 11.9 Å². The van der Waals surface area contributed by atoms with Crippen molar-refractivity contribution in [1.29, 1.82) is 0 Å². The summed E-state index contributed by atoms with van der Waals surface area (Å²) in [6, 6.07) is 4.64. The van der Waals surface area contributed by atoms with Crippen LogP contribution < -0.4 is 15.4 Å². The SMILES string of the molecule is CNC(=O)NC(=O)[C@@H](C)Oc1ccc(F)cc1. The van der Waals surface area contributed by atoms with Gasteiger partial charge in [-0.3, -0.25) is 10.1 Å². The van der Waals surface area contributed by atoms with Crippen molar-refractivity contribution < 1.29 is 18.7 Å². The minimum Gasteiger partial charge on any atom is -0.481 e. The zero-order valence-corrected chi connectivity index (χ0v) is 9.49. The first-order valence-corrected chi connectivity index (χ1v) is 4.97. The Hall–Kier alpha value is -2.11. The van der Waals surface area contributed by atoms with Gasteiger partial charge in [-0.05, 0) is 31.2 Å². The molecule has 1 atom stereocenters. The molecule has 1 aromatic carbocycles. The minimum absolute atomic E-state index is 0.353. The lowest BCUT2D eigenvalue weighted by molar-refractivity contribution is -0.126. The second-order valence-corrected chi connectivity index (χ2v) is 3.28. The molecule has 5 nitrogen and oxygen atoms in total. The van der Waals surface area contributed by atoms with Gasteiger partial charge >= 0.3 is 6.03 Å². The van der Waals surface area contributed by atoms with E-state index in [0.717, 1.165) is 0 Å². The third kappa shape index (κ3) is 4.10. The molecule has 0 bridgehead atoms. The number of nitrogens with one attached hydrogen (secondary N) is 2. The molecule has 1 aromatic rings. The highest BCUT2D eigenvalue weighted by Gasteiger charge is 2.16. The monoisotopic (exact) mass is 240 g/mol. The molecule has 0 saturated heterocycles. The Morgan fingerprint density at radius 1 is 1.29 bits per heavy atom. The van der Waals surface area contributed by atoms with Crippen LogP contribution in [0.2, 0.25) is 0 Å². The van der Waals surface area contributed by atoms with Gasteiger partial charge in [-0.1, -0.05) is 0 Å². The van der Waals surface area contributed by atoms with Gasteiger partial charge in [0.25, 0.3) is 5.91 Å². The highest BCUT2D eigenvalue weighted by molar-refractivity contribution is 5.96. The van der Waals surface area contributed by atoms with E-state index in [0.29, 0.717) is 5.75 Å². The van der Waals surface area contributed by atoms with Crippen molar-refractivity contribution in [2.75, 3.05) is 7.05 Å². The van der Waals surface area contributed by atoms with Gasteiger partial charge < -0.3 is 10.1 Å². The normalized spacial score (nSPS) is 11.5. The fourth-order valence-electron chi connectivity index (χ4n) is 1.05. The van der Waals surface area contributed by atoms with Crippen molar-refractivity contribution in [2.45, 2.75) is 13.0 Å². The number of amides is 3. The number of urea groups is 1. The number of benzene rings is 1. The molecule has 0 spiro atoms. The lowest BCUT2D eigenvalue weighted by Gasteiger charge is -2.13. The zero-order valence-electron chi connectivity index (χ0n) is 9.49. The second-order valence-electron chi connectivity index (χ2n) is 3.28. The van der Waals surface area contributed by atoms with Gasteiger partial charge in [0.05, 0.1) is 0 Å². The van der Waals surface area contributed by atoms with E-state index < -0.39 is 18.0 Å². The first-order valence-electron chi connectivity index (χ1n) is 4.97. The molecule has 0 heterocycles. The smallest absolute Gasteiger partial charge is 0.321 e. The molecule has 17 heavy (non-hydrogen) atoms. The number of halogens is 1. The summed E-state index contributed by atoms with van der Waals surface area (Å²) >= 11 is 0. The second kappa shape index (κ2) is 5.83. The summed E-state index contributed by atoms with van der Waals surface area (Å²) in [5, 5.41) is 4.32. The number of carbonyl (C=O) groups excluding carboxylic acids is 2. The van der Waals surface area contributed by atoms with Gasteiger partial charge in [-0.15, -0.1) is 0 Å². The summed E-state index contributed by atoms with van der Waals surface area (Å²) in [6.07, 6.45) is -0.849. The molecular formula is C11H13FN2O3. The van der Waals surface area contributed by atoms with E-state index in [1.807, 2.05) is 0 Å². The molecule has 3 amide bonds. The maximum atomic E-state index is 12.6. The van der Waals surface area contributed by atoms with E-state index in [1.54, 1.807) is 0 Å². The molecule has 0 radical (unpaired) electrons. The largest absolute Gasteiger partial charge is 0.481 e. The molecule has 0 unspecified atom stereocenters. The maximum absolute atomic E-state index is 12.6. The number of carbonyl (C=O) groups is 2. The number of hydrogen-bond donors (Lipinski definition) is 2. The molecule has 0 aliphatic rings. The molecule has 0 aliphatic heterocycles. The molecule has 6 heteroatoms. The van der Waals surface area contributed by atoms with Crippen LogP contribution in [0.15, 0.2) is 24.3 Å². The van der Waals surface area contributed by atoms with Gasteiger partial charge in [0.1, 0.15) is 11.6 Å². The molecule has 0 fully saturated rings. The summed E-state index contributed by atoms with van der Waals surface area (Å²) in [6.45, 7) is 1.49. The van der Waals surface area contributed by atoms with Crippen LogP contribution in [0.4, 0.5) is 9.18 Å². The van der Waals surface area contributed by atoms with Crippen molar-refractivity contribution in [1.82, 2.24) is 10.6 Å². The van der Waals surface area contributed by atoms with Crippen molar-refractivity contribution in [3.05, 3.63) is 30.1 Å². The summed E-state index contributed by atoms with van der Waals surface area (Å²) in [7, 11) is 1.40. The topological polar surface area (TPSA) is 67.4 Å². The Bertz CT molecular complexity index is 406. The average Bonchev–Trinajstić information content (AvgIpc) is 2.31. The van der Waals surface area contributed by atoms with Crippen molar-refractivity contribution in [3.8, 4) is 5.75 Å². The lowest BCUT2D eigenvalue weighted by atomic mass is 10.3. The van der Waals surface area contributed by atoms with E-state index in [1.165, 1.54) is 38.2 Å². The van der Waals surface area contributed by atoms with Gasteiger partial charge in [0.2, 0.25) is 0 Å². The molecular weight excluding hydrogens is 227 g/mol. The van der Waals surface area contributed by atoms with Crippen LogP contribution in [0.3, 0.4) is 0 Å². The quantitative estimate of drug-likeness (QED) is 0.829. The predicted molar refractivity (Wildman–Crippen MR) is 59.1 cm³/mol. The van der Waals surface area contributed by atoms with E-state index in [2.05, 4.69) is 10.6 Å². The van der Waals surface area contributed by atoms with Crippen LogP contribution in [-0.2, 0) is 4.79 Å². The Kier molecular flexibility index (Phi) is 4.45. The fraction of sp³-hybridized carbons (Fsp3) is 0.273. The van der Waals surface area contributed by atoms with Crippen molar-refractivity contribution in [2.24, 2.45) is 0 Å².